The van der Waals surface area contributed by atoms with E-state index >= 15 is 0 Å². The molecular formula is C32H33NO5S. The molecule has 4 aromatic carbocycles. The number of hydrogen-bond donors (Lipinski definition) is 1. The number of thioether (sulfide) groups is 1. The minimum Gasteiger partial charge on any atom is -0.497 e. The molecule has 0 radical (unpaired) electrons. The SMILES string of the molecule is COC(=O)[C@H](N)Cc1cc(OCc2ccccc2)cc(OCc2ccccc2)c1SCc1ccc(OC)cc1. The molecule has 0 unspecified atom stereocenters. The van der Waals surface area contributed by atoms with Crippen molar-refractivity contribution in [2.75, 3.05) is 14.2 Å². The van der Waals surface area contributed by atoms with Crippen molar-refractivity contribution in [1.82, 2.24) is 0 Å². The Kier molecular flexibility index (Phi) is 10.3. The third-order valence-electron chi connectivity index (χ3n) is 6.08. The highest BCUT2D eigenvalue weighted by Crippen LogP contribution is 2.40. The zero-order chi connectivity index (χ0) is 27.5. The molecule has 0 aliphatic carbocycles. The molecule has 39 heavy (non-hydrogen) atoms. The van der Waals surface area contributed by atoms with Crippen LogP contribution in [-0.4, -0.2) is 26.2 Å². The van der Waals surface area contributed by atoms with Crippen molar-refractivity contribution in [3.8, 4) is 17.2 Å². The predicted octanol–water partition coefficient (Wildman–Crippen LogP) is 6.19. The van der Waals surface area contributed by atoms with Crippen LogP contribution in [0.2, 0.25) is 0 Å². The summed E-state index contributed by atoms with van der Waals surface area (Å²) >= 11 is 1.63. The summed E-state index contributed by atoms with van der Waals surface area (Å²) < 4.78 is 22.7. The van der Waals surface area contributed by atoms with Gasteiger partial charge in [0.25, 0.3) is 0 Å². The fraction of sp³-hybridized carbons (Fsp3) is 0.219. The fourth-order valence-corrected chi connectivity index (χ4v) is 5.05. The van der Waals surface area contributed by atoms with Crippen LogP contribution in [0.15, 0.2) is 102 Å². The van der Waals surface area contributed by atoms with Gasteiger partial charge in [-0.25, -0.2) is 0 Å². The second-order valence-electron chi connectivity index (χ2n) is 8.93. The average molecular weight is 544 g/mol. The van der Waals surface area contributed by atoms with Gasteiger partial charge in [0.2, 0.25) is 0 Å². The lowest BCUT2D eigenvalue weighted by atomic mass is 10.1. The van der Waals surface area contributed by atoms with Crippen molar-refractivity contribution in [2.24, 2.45) is 5.73 Å². The number of nitrogens with two attached hydrogens (primary N) is 1. The normalized spacial score (nSPS) is 11.5. The Hall–Kier alpha value is -3.94. The van der Waals surface area contributed by atoms with E-state index in [-0.39, 0.29) is 6.42 Å². The summed E-state index contributed by atoms with van der Waals surface area (Å²) in [7, 11) is 2.99. The molecule has 1 atom stereocenters. The van der Waals surface area contributed by atoms with Crippen molar-refractivity contribution >= 4 is 17.7 Å². The van der Waals surface area contributed by atoms with Crippen molar-refractivity contribution in [1.29, 1.82) is 0 Å². The molecule has 0 aliphatic heterocycles. The number of hydrogen-bond acceptors (Lipinski definition) is 7. The van der Waals surface area contributed by atoms with Crippen LogP contribution in [0, 0.1) is 0 Å². The van der Waals surface area contributed by atoms with Crippen LogP contribution in [0.5, 0.6) is 17.2 Å². The molecule has 0 aliphatic rings. The molecule has 0 fully saturated rings. The molecule has 2 N–H and O–H groups in total. The molecule has 7 heteroatoms. The number of esters is 1. The number of rotatable bonds is 13. The van der Waals surface area contributed by atoms with E-state index in [9.17, 15) is 4.79 Å². The molecule has 4 aromatic rings. The number of carbonyl (C=O) groups is 1. The maximum atomic E-state index is 12.2. The second kappa shape index (κ2) is 14.3. The maximum absolute atomic E-state index is 12.2. The molecule has 0 saturated carbocycles. The highest BCUT2D eigenvalue weighted by atomic mass is 32.2. The van der Waals surface area contributed by atoms with Crippen LogP contribution in [0.3, 0.4) is 0 Å². The lowest BCUT2D eigenvalue weighted by molar-refractivity contribution is -0.142. The van der Waals surface area contributed by atoms with E-state index in [1.807, 2.05) is 97.1 Å². The minimum absolute atomic E-state index is 0.280. The Morgan fingerprint density at radius 1 is 0.769 bits per heavy atom. The first-order chi connectivity index (χ1) is 19.1. The Morgan fingerprint density at radius 3 is 1.97 bits per heavy atom. The quantitative estimate of drug-likeness (QED) is 0.159. The van der Waals surface area contributed by atoms with Crippen LogP contribution in [0.25, 0.3) is 0 Å². The van der Waals surface area contributed by atoms with Gasteiger partial charge in [-0.15, -0.1) is 11.8 Å². The molecule has 0 heterocycles. The molecule has 0 spiro atoms. The highest BCUT2D eigenvalue weighted by Gasteiger charge is 2.21. The lowest BCUT2D eigenvalue weighted by Crippen LogP contribution is -2.33. The molecule has 0 amide bonds. The van der Waals surface area contributed by atoms with Gasteiger partial charge < -0.3 is 24.7 Å². The van der Waals surface area contributed by atoms with Crippen molar-refractivity contribution in [3.63, 3.8) is 0 Å². The molecule has 202 valence electrons. The molecule has 0 aromatic heterocycles. The second-order valence-corrected chi connectivity index (χ2v) is 9.91. The van der Waals surface area contributed by atoms with E-state index in [1.165, 1.54) is 7.11 Å². The van der Waals surface area contributed by atoms with Gasteiger partial charge in [0, 0.05) is 11.8 Å². The number of benzene rings is 4. The predicted molar refractivity (Wildman–Crippen MR) is 154 cm³/mol. The Balaban J connectivity index is 1.66. The fourth-order valence-electron chi connectivity index (χ4n) is 3.96. The minimum atomic E-state index is -0.818. The molecule has 0 saturated heterocycles. The summed E-state index contributed by atoms with van der Waals surface area (Å²) in [6.07, 6.45) is 0.280. The standard InChI is InChI=1S/C32H33NO5S/c1-35-27-15-13-25(14-16-27)22-39-31-26(18-29(33)32(34)36-2)17-28(37-20-23-9-5-3-6-10-23)19-30(31)38-21-24-11-7-4-8-12-24/h3-17,19,29H,18,20-22,33H2,1-2H3/t29-/m1/s1. The number of ether oxygens (including phenoxy) is 4. The summed E-state index contributed by atoms with van der Waals surface area (Å²) in [6.45, 7) is 0.793. The molecule has 4 rings (SSSR count). The van der Waals surface area contributed by atoms with Crippen molar-refractivity contribution in [3.05, 3.63) is 119 Å². The summed E-state index contributed by atoms with van der Waals surface area (Å²) in [5.74, 6) is 2.35. The van der Waals surface area contributed by atoms with E-state index < -0.39 is 12.0 Å². The summed E-state index contributed by atoms with van der Waals surface area (Å²) in [5, 5.41) is 0. The van der Waals surface area contributed by atoms with E-state index in [0.29, 0.717) is 30.5 Å². The number of methoxy groups -OCH3 is 2. The van der Waals surface area contributed by atoms with Crippen LogP contribution in [0.4, 0.5) is 0 Å². The van der Waals surface area contributed by atoms with Crippen LogP contribution >= 0.6 is 11.8 Å². The average Bonchev–Trinajstić information content (AvgIpc) is 2.99. The van der Waals surface area contributed by atoms with Gasteiger partial charge in [0.05, 0.1) is 19.1 Å². The molecule has 6 nitrogen and oxygen atoms in total. The van der Waals surface area contributed by atoms with E-state index in [4.69, 9.17) is 24.7 Å². The topological polar surface area (TPSA) is 80.0 Å². The Morgan fingerprint density at radius 2 is 1.38 bits per heavy atom. The molecular weight excluding hydrogens is 510 g/mol. The zero-order valence-electron chi connectivity index (χ0n) is 22.2. The van der Waals surface area contributed by atoms with Crippen LogP contribution < -0.4 is 19.9 Å². The van der Waals surface area contributed by atoms with Gasteiger partial charge >= 0.3 is 5.97 Å². The third-order valence-corrected chi connectivity index (χ3v) is 7.31. The Bertz CT molecular complexity index is 1330. The van der Waals surface area contributed by atoms with Gasteiger partial charge in [-0.2, -0.15) is 0 Å². The molecule has 0 bridgehead atoms. The van der Waals surface area contributed by atoms with E-state index in [0.717, 1.165) is 32.9 Å². The highest BCUT2D eigenvalue weighted by molar-refractivity contribution is 7.98. The summed E-state index contributed by atoms with van der Waals surface area (Å²) in [5.41, 5.74) is 10.3. The third kappa shape index (κ3) is 8.27. The van der Waals surface area contributed by atoms with E-state index in [1.54, 1.807) is 18.9 Å². The Labute approximate surface area is 234 Å². The smallest absolute Gasteiger partial charge is 0.322 e. The van der Waals surface area contributed by atoms with Gasteiger partial charge in [0.15, 0.2) is 0 Å². The van der Waals surface area contributed by atoms with Crippen LogP contribution in [0.1, 0.15) is 22.3 Å². The summed E-state index contributed by atoms with van der Waals surface area (Å²) in [4.78, 5) is 13.1. The van der Waals surface area contributed by atoms with Gasteiger partial charge in [-0.3, -0.25) is 4.79 Å². The van der Waals surface area contributed by atoms with Crippen molar-refractivity contribution in [2.45, 2.75) is 36.3 Å². The van der Waals surface area contributed by atoms with Gasteiger partial charge in [0.1, 0.15) is 36.5 Å². The van der Waals surface area contributed by atoms with Crippen molar-refractivity contribution < 1.29 is 23.7 Å². The largest absolute Gasteiger partial charge is 0.497 e. The lowest BCUT2D eigenvalue weighted by Gasteiger charge is -2.20. The van der Waals surface area contributed by atoms with Crippen LogP contribution in [-0.2, 0) is 34.9 Å². The first-order valence-corrected chi connectivity index (χ1v) is 13.6. The zero-order valence-corrected chi connectivity index (χ0v) is 23.0. The van der Waals surface area contributed by atoms with E-state index in [2.05, 4.69) is 0 Å². The van der Waals surface area contributed by atoms with Gasteiger partial charge in [-0.1, -0.05) is 72.8 Å². The monoisotopic (exact) mass is 543 g/mol. The first-order valence-electron chi connectivity index (χ1n) is 12.6. The maximum Gasteiger partial charge on any atom is 0.322 e. The summed E-state index contributed by atoms with van der Waals surface area (Å²) in [6, 6.07) is 30.9. The van der Waals surface area contributed by atoms with Gasteiger partial charge in [-0.05, 0) is 46.9 Å². The first kappa shape index (κ1) is 28.1. The number of carbonyl (C=O) groups excluding carboxylic acids is 1.